The summed E-state index contributed by atoms with van der Waals surface area (Å²) >= 11 is 0. The zero-order valence-corrected chi connectivity index (χ0v) is 12.9. The molecule has 0 atom stereocenters. The molecule has 100 valence electrons. The van der Waals surface area contributed by atoms with E-state index in [2.05, 4.69) is 16.9 Å². The highest BCUT2D eigenvalue weighted by molar-refractivity contribution is 14.0. The van der Waals surface area contributed by atoms with E-state index in [1.165, 1.54) is 6.42 Å². The fourth-order valence-corrected chi connectivity index (χ4v) is 1.90. The van der Waals surface area contributed by atoms with E-state index in [1.54, 1.807) is 0 Å². The Balaban J connectivity index is 0.00000256. The van der Waals surface area contributed by atoms with Gasteiger partial charge >= 0.3 is 0 Å². The lowest BCUT2D eigenvalue weighted by molar-refractivity contribution is 0.0132. The summed E-state index contributed by atoms with van der Waals surface area (Å²) in [5, 5.41) is 13.1. The van der Waals surface area contributed by atoms with E-state index in [4.69, 9.17) is 5.73 Å². The standard InChI is InChI=1S/C12H23N3O.HI/c1-10(2)8-14-11(13)15-9-12(16)6-4-3-5-7-12;/h16H,1,3-9H2,2H3,(H3,13,14,15);1H. The number of guanidine groups is 1. The van der Waals surface area contributed by atoms with E-state index in [0.29, 0.717) is 19.0 Å². The highest BCUT2D eigenvalue weighted by Crippen LogP contribution is 2.27. The molecule has 0 bridgehead atoms. The van der Waals surface area contributed by atoms with Crippen molar-refractivity contribution in [1.82, 2.24) is 5.32 Å². The number of nitrogens with zero attached hydrogens (tertiary/aromatic N) is 1. The molecule has 1 aliphatic rings. The second-order valence-corrected chi connectivity index (χ2v) is 4.80. The molecular weight excluding hydrogens is 329 g/mol. The van der Waals surface area contributed by atoms with Crippen molar-refractivity contribution < 1.29 is 5.11 Å². The summed E-state index contributed by atoms with van der Waals surface area (Å²) in [5.41, 5.74) is 6.06. The van der Waals surface area contributed by atoms with E-state index in [9.17, 15) is 5.11 Å². The summed E-state index contributed by atoms with van der Waals surface area (Å²) in [7, 11) is 0. The van der Waals surface area contributed by atoms with Crippen LogP contribution in [-0.4, -0.2) is 29.8 Å². The molecule has 1 saturated carbocycles. The van der Waals surface area contributed by atoms with Crippen LogP contribution < -0.4 is 11.1 Å². The quantitative estimate of drug-likeness (QED) is 0.312. The van der Waals surface area contributed by atoms with Gasteiger partial charge in [-0.2, -0.15) is 0 Å². The minimum Gasteiger partial charge on any atom is -0.388 e. The molecule has 0 aromatic heterocycles. The molecule has 0 aliphatic heterocycles. The van der Waals surface area contributed by atoms with Gasteiger partial charge in [0.2, 0.25) is 0 Å². The normalized spacial score (nSPS) is 19.3. The number of hydrogen-bond donors (Lipinski definition) is 3. The largest absolute Gasteiger partial charge is 0.388 e. The summed E-state index contributed by atoms with van der Waals surface area (Å²) in [4.78, 5) is 4.18. The number of aliphatic imine (C=N–C) groups is 1. The number of halogens is 1. The van der Waals surface area contributed by atoms with Crippen LogP contribution in [0.25, 0.3) is 0 Å². The number of aliphatic hydroxyl groups is 1. The van der Waals surface area contributed by atoms with Crippen molar-refractivity contribution in [2.75, 3.05) is 13.1 Å². The molecule has 0 heterocycles. The summed E-state index contributed by atoms with van der Waals surface area (Å²) in [6.45, 7) is 6.73. The van der Waals surface area contributed by atoms with Gasteiger partial charge < -0.3 is 16.2 Å². The number of nitrogens with two attached hydrogens (primary N) is 1. The summed E-state index contributed by atoms with van der Waals surface area (Å²) in [5.74, 6) is 0.391. The number of hydrogen-bond acceptors (Lipinski definition) is 2. The summed E-state index contributed by atoms with van der Waals surface area (Å²) in [6, 6.07) is 0. The van der Waals surface area contributed by atoms with Gasteiger partial charge in [0.1, 0.15) is 0 Å². The SMILES string of the molecule is C=C(C)CNC(N)=NCC1(O)CCCCC1.I. The molecule has 0 radical (unpaired) electrons. The molecule has 4 N–H and O–H groups in total. The van der Waals surface area contributed by atoms with Crippen LogP contribution in [0.5, 0.6) is 0 Å². The predicted octanol–water partition coefficient (Wildman–Crippen LogP) is 1.78. The van der Waals surface area contributed by atoms with Gasteiger partial charge in [0.15, 0.2) is 5.96 Å². The lowest BCUT2D eigenvalue weighted by Crippen LogP contribution is -2.38. The third kappa shape index (κ3) is 6.88. The third-order valence-electron chi connectivity index (χ3n) is 2.90. The van der Waals surface area contributed by atoms with Gasteiger partial charge in [0.05, 0.1) is 12.1 Å². The van der Waals surface area contributed by atoms with E-state index >= 15 is 0 Å². The Labute approximate surface area is 121 Å². The lowest BCUT2D eigenvalue weighted by Gasteiger charge is -2.30. The first kappa shape index (κ1) is 16.7. The van der Waals surface area contributed by atoms with Crippen LogP contribution >= 0.6 is 24.0 Å². The van der Waals surface area contributed by atoms with Crippen molar-refractivity contribution in [2.24, 2.45) is 10.7 Å². The van der Waals surface area contributed by atoms with Gasteiger partial charge in [0, 0.05) is 6.54 Å². The molecule has 1 fully saturated rings. The smallest absolute Gasteiger partial charge is 0.188 e. The molecule has 17 heavy (non-hydrogen) atoms. The van der Waals surface area contributed by atoms with E-state index in [1.807, 2.05) is 6.92 Å². The van der Waals surface area contributed by atoms with E-state index in [0.717, 1.165) is 31.3 Å². The van der Waals surface area contributed by atoms with Gasteiger partial charge in [-0.25, -0.2) is 0 Å². The summed E-state index contributed by atoms with van der Waals surface area (Å²) in [6.07, 6.45) is 5.07. The lowest BCUT2D eigenvalue weighted by atomic mass is 9.85. The molecule has 0 amide bonds. The molecule has 5 heteroatoms. The maximum atomic E-state index is 10.2. The molecule has 1 rings (SSSR count). The first-order chi connectivity index (χ1) is 7.52. The molecule has 0 aromatic rings. The fraction of sp³-hybridized carbons (Fsp3) is 0.750. The maximum absolute atomic E-state index is 10.2. The highest BCUT2D eigenvalue weighted by atomic mass is 127. The highest BCUT2D eigenvalue weighted by Gasteiger charge is 2.28. The predicted molar refractivity (Wildman–Crippen MR) is 82.8 cm³/mol. The number of nitrogens with one attached hydrogen (secondary N) is 1. The van der Waals surface area contributed by atoms with Crippen molar-refractivity contribution in [3.8, 4) is 0 Å². The average molecular weight is 353 g/mol. The third-order valence-corrected chi connectivity index (χ3v) is 2.90. The van der Waals surface area contributed by atoms with Crippen LogP contribution in [0.4, 0.5) is 0 Å². The second kappa shape index (κ2) is 7.92. The van der Waals surface area contributed by atoms with Gasteiger partial charge in [-0.15, -0.1) is 24.0 Å². The van der Waals surface area contributed by atoms with Crippen molar-refractivity contribution in [3.63, 3.8) is 0 Å². The van der Waals surface area contributed by atoms with Crippen LogP contribution in [0.2, 0.25) is 0 Å². The Bertz CT molecular complexity index is 273. The summed E-state index contributed by atoms with van der Waals surface area (Å²) < 4.78 is 0. The molecule has 0 spiro atoms. The van der Waals surface area contributed by atoms with E-state index in [-0.39, 0.29) is 24.0 Å². The van der Waals surface area contributed by atoms with Crippen LogP contribution in [0.15, 0.2) is 17.1 Å². The minimum atomic E-state index is -0.631. The Morgan fingerprint density at radius 3 is 2.53 bits per heavy atom. The number of rotatable bonds is 4. The van der Waals surface area contributed by atoms with Crippen LogP contribution in [0, 0.1) is 0 Å². The fourth-order valence-electron chi connectivity index (χ4n) is 1.90. The Morgan fingerprint density at radius 1 is 1.41 bits per heavy atom. The molecular formula is C12H24IN3O. The zero-order chi connectivity index (χ0) is 12.0. The molecule has 0 saturated heterocycles. The van der Waals surface area contributed by atoms with Crippen molar-refractivity contribution >= 4 is 29.9 Å². The van der Waals surface area contributed by atoms with Crippen LogP contribution in [-0.2, 0) is 0 Å². The van der Waals surface area contributed by atoms with Gasteiger partial charge in [-0.3, -0.25) is 4.99 Å². The topological polar surface area (TPSA) is 70.6 Å². The second-order valence-electron chi connectivity index (χ2n) is 4.80. The molecule has 4 nitrogen and oxygen atoms in total. The Morgan fingerprint density at radius 2 is 2.00 bits per heavy atom. The first-order valence-electron chi connectivity index (χ1n) is 5.92. The van der Waals surface area contributed by atoms with Crippen molar-refractivity contribution in [1.29, 1.82) is 0 Å². The Kier molecular flexibility index (Phi) is 7.78. The van der Waals surface area contributed by atoms with Gasteiger partial charge in [0.25, 0.3) is 0 Å². The van der Waals surface area contributed by atoms with Crippen LogP contribution in [0.3, 0.4) is 0 Å². The maximum Gasteiger partial charge on any atom is 0.188 e. The minimum absolute atomic E-state index is 0. The van der Waals surface area contributed by atoms with Gasteiger partial charge in [-0.05, 0) is 19.8 Å². The van der Waals surface area contributed by atoms with Gasteiger partial charge in [-0.1, -0.05) is 31.4 Å². The van der Waals surface area contributed by atoms with Crippen molar-refractivity contribution in [3.05, 3.63) is 12.2 Å². The zero-order valence-electron chi connectivity index (χ0n) is 10.5. The van der Waals surface area contributed by atoms with Crippen LogP contribution in [0.1, 0.15) is 39.0 Å². The van der Waals surface area contributed by atoms with Crippen molar-refractivity contribution in [2.45, 2.75) is 44.6 Å². The molecule has 0 unspecified atom stereocenters. The molecule has 0 aromatic carbocycles. The molecule has 1 aliphatic carbocycles. The first-order valence-corrected chi connectivity index (χ1v) is 5.92. The average Bonchev–Trinajstić information content (AvgIpc) is 2.25. The monoisotopic (exact) mass is 353 g/mol. The Hall–Kier alpha value is -0.300. The van der Waals surface area contributed by atoms with E-state index < -0.39 is 5.60 Å².